The van der Waals surface area contributed by atoms with E-state index in [1.54, 1.807) is 19.1 Å². The van der Waals surface area contributed by atoms with Gasteiger partial charge in [0.15, 0.2) is 0 Å². The average molecular weight is 269 g/mol. The number of hydrogen-bond donors (Lipinski definition) is 1. The van der Waals surface area contributed by atoms with Crippen molar-refractivity contribution in [2.75, 3.05) is 14.2 Å². The van der Waals surface area contributed by atoms with Crippen molar-refractivity contribution in [3.8, 4) is 0 Å². The maximum atomic E-state index is 12.0. The Kier molecular flexibility index (Phi) is 3.03. The van der Waals surface area contributed by atoms with Crippen LogP contribution in [0.15, 0.2) is 23.3 Å². The Morgan fingerprint density at radius 2 is 1.74 bits per heavy atom. The molecule has 0 aromatic heterocycles. The molecule has 0 saturated heterocycles. The Hall–Kier alpha value is -1.66. The van der Waals surface area contributed by atoms with Crippen molar-refractivity contribution in [3.05, 3.63) is 23.3 Å². The van der Waals surface area contributed by atoms with Gasteiger partial charge in [0.05, 0.1) is 31.5 Å². The molecule has 3 atom stereocenters. The molecule has 0 amide bonds. The molecule has 0 spiro atoms. The summed E-state index contributed by atoms with van der Waals surface area (Å²) in [5.41, 5.74) is -2.37. The molecule has 0 aliphatic carbocycles. The van der Waals surface area contributed by atoms with E-state index in [9.17, 15) is 14.7 Å². The van der Waals surface area contributed by atoms with Crippen molar-refractivity contribution < 1.29 is 28.9 Å². The van der Waals surface area contributed by atoms with Crippen molar-refractivity contribution in [3.63, 3.8) is 0 Å². The normalized spacial score (nSPS) is 33.5. The first kappa shape index (κ1) is 13.8. The van der Waals surface area contributed by atoms with E-state index in [4.69, 9.17) is 14.2 Å². The number of rotatable bonds is 3. The maximum absolute atomic E-state index is 12.0. The van der Waals surface area contributed by atoms with E-state index in [0.717, 1.165) is 0 Å². The van der Waals surface area contributed by atoms with Gasteiger partial charge in [0.2, 0.25) is 0 Å². The highest BCUT2D eigenvalue weighted by Crippen LogP contribution is 2.51. The number of hydrogen-bond acceptors (Lipinski definition) is 6. The van der Waals surface area contributed by atoms with Gasteiger partial charge in [-0.3, -0.25) is 0 Å². The third kappa shape index (κ3) is 1.63. The number of aliphatic hydroxyl groups is 1. The van der Waals surface area contributed by atoms with E-state index < -0.39 is 29.2 Å². The molecule has 2 aliphatic rings. The van der Waals surface area contributed by atoms with Gasteiger partial charge in [-0.2, -0.15) is 0 Å². The number of carbonyl (C=O) groups is 2. The lowest BCUT2D eigenvalue weighted by Crippen LogP contribution is -2.42. The number of carbonyl (C=O) groups excluding carboxylic acids is 2. The lowest BCUT2D eigenvalue weighted by Gasteiger charge is -2.28. The molecule has 0 radical (unpaired) electrons. The van der Waals surface area contributed by atoms with Crippen molar-refractivity contribution in [2.24, 2.45) is 0 Å². The van der Waals surface area contributed by atoms with Crippen LogP contribution < -0.4 is 0 Å². The minimum Gasteiger partial charge on any atom is -0.466 e. The van der Waals surface area contributed by atoms with E-state index in [1.165, 1.54) is 21.1 Å². The predicted octanol–water partition coefficient (Wildman–Crippen LogP) is 0.107. The molecule has 104 valence electrons. The van der Waals surface area contributed by atoms with E-state index >= 15 is 0 Å². The smallest absolute Gasteiger partial charge is 0.337 e. The fraction of sp³-hybridized carbons (Fsp3) is 0.538. The highest BCUT2D eigenvalue weighted by atomic mass is 16.6. The highest BCUT2D eigenvalue weighted by Gasteiger charge is 2.62. The highest BCUT2D eigenvalue weighted by molar-refractivity contribution is 6.06. The molecule has 0 fully saturated rings. The van der Waals surface area contributed by atoms with E-state index in [1.807, 2.05) is 0 Å². The fourth-order valence-electron chi connectivity index (χ4n) is 2.62. The van der Waals surface area contributed by atoms with E-state index in [0.29, 0.717) is 0 Å². The maximum Gasteiger partial charge on any atom is 0.337 e. The molecule has 19 heavy (non-hydrogen) atoms. The van der Waals surface area contributed by atoms with Gasteiger partial charge >= 0.3 is 11.9 Å². The van der Waals surface area contributed by atoms with Crippen molar-refractivity contribution in [1.82, 2.24) is 0 Å². The first-order chi connectivity index (χ1) is 8.82. The van der Waals surface area contributed by atoms with Gasteiger partial charge in [0.25, 0.3) is 0 Å². The molecule has 3 unspecified atom stereocenters. The molecule has 2 rings (SSSR count). The standard InChI is InChI=1S/C13H16O6/c1-7(14)13-6-5-12(2,19-13)8(10(15)17-3)9(13)11(16)18-4/h5-7,14H,1-4H3/i1+1. The summed E-state index contributed by atoms with van der Waals surface area (Å²) in [6.07, 6.45) is 2.20. The van der Waals surface area contributed by atoms with E-state index in [-0.39, 0.29) is 11.1 Å². The van der Waals surface area contributed by atoms with Crippen LogP contribution in [-0.2, 0) is 23.8 Å². The first-order valence-electron chi connectivity index (χ1n) is 5.83. The second-order valence-corrected chi connectivity index (χ2v) is 4.74. The predicted molar refractivity (Wildman–Crippen MR) is 64.1 cm³/mol. The van der Waals surface area contributed by atoms with Crippen LogP contribution in [0.1, 0.15) is 13.8 Å². The number of ether oxygens (including phenoxy) is 3. The summed E-state index contributed by atoms with van der Waals surface area (Å²) in [7, 11) is 2.43. The Balaban J connectivity index is 2.67. The lowest BCUT2D eigenvalue weighted by molar-refractivity contribution is -0.140. The summed E-state index contributed by atoms with van der Waals surface area (Å²) in [6, 6.07) is 0. The van der Waals surface area contributed by atoms with E-state index in [2.05, 4.69) is 0 Å². The quantitative estimate of drug-likeness (QED) is 0.445. The van der Waals surface area contributed by atoms with Crippen molar-refractivity contribution >= 4 is 11.9 Å². The molecule has 1 N–H and O–H groups in total. The summed E-state index contributed by atoms with van der Waals surface area (Å²) in [4.78, 5) is 23.9. The second-order valence-electron chi connectivity index (χ2n) is 4.74. The summed E-state index contributed by atoms with van der Waals surface area (Å²) in [5.74, 6) is -1.39. The van der Waals surface area contributed by atoms with Crippen LogP contribution in [0.5, 0.6) is 0 Å². The zero-order valence-electron chi connectivity index (χ0n) is 11.2. The molecule has 0 aromatic rings. The summed E-state index contributed by atoms with van der Waals surface area (Å²) >= 11 is 0. The molecular formula is C13H16O6. The first-order valence-corrected chi connectivity index (χ1v) is 5.83. The van der Waals surface area contributed by atoms with Crippen LogP contribution in [0.2, 0.25) is 0 Å². The zero-order valence-corrected chi connectivity index (χ0v) is 11.2. The lowest BCUT2D eigenvalue weighted by atomic mass is 9.81. The Labute approximate surface area is 110 Å². The number of methoxy groups -OCH3 is 2. The third-order valence-corrected chi connectivity index (χ3v) is 3.57. The van der Waals surface area contributed by atoms with Crippen LogP contribution >= 0.6 is 0 Å². The van der Waals surface area contributed by atoms with Gasteiger partial charge in [-0.15, -0.1) is 0 Å². The Bertz CT molecular complexity index is 503. The summed E-state index contributed by atoms with van der Waals surface area (Å²) in [5, 5.41) is 9.96. The van der Waals surface area contributed by atoms with Crippen LogP contribution in [0.25, 0.3) is 0 Å². The SMILES string of the molecule is COC(=O)C1=C(C(=O)OC)C2(C([13CH3])O)C=CC1(C)O2. The Morgan fingerprint density at radius 3 is 2.21 bits per heavy atom. The molecule has 2 aliphatic heterocycles. The van der Waals surface area contributed by atoms with Gasteiger partial charge in [0, 0.05) is 0 Å². The number of esters is 2. The third-order valence-electron chi connectivity index (χ3n) is 3.57. The molecule has 6 nitrogen and oxygen atoms in total. The van der Waals surface area contributed by atoms with Crippen LogP contribution in [0, 0.1) is 0 Å². The molecule has 6 heteroatoms. The second kappa shape index (κ2) is 4.18. The van der Waals surface area contributed by atoms with Crippen molar-refractivity contribution in [1.29, 1.82) is 0 Å². The molecule has 2 bridgehead atoms. The fourth-order valence-corrected chi connectivity index (χ4v) is 2.62. The van der Waals surface area contributed by atoms with Gasteiger partial charge in [-0.25, -0.2) is 9.59 Å². The van der Waals surface area contributed by atoms with Crippen LogP contribution in [-0.4, -0.2) is 48.6 Å². The Morgan fingerprint density at radius 1 is 1.21 bits per heavy atom. The topological polar surface area (TPSA) is 82.1 Å². The van der Waals surface area contributed by atoms with Gasteiger partial charge < -0.3 is 19.3 Å². The molecule has 0 saturated carbocycles. The van der Waals surface area contributed by atoms with Gasteiger partial charge in [-0.05, 0) is 26.0 Å². The van der Waals surface area contributed by atoms with Gasteiger partial charge in [-0.1, -0.05) is 0 Å². The van der Waals surface area contributed by atoms with Crippen LogP contribution in [0.3, 0.4) is 0 Å². The minimum atomic E-state index is -1.36. The van der Waals surface area contributed by atoms with Gasteiger partial charge in [0.1, 0.15) is 11.2 Å². The monoisotopic (exact) mass is 269 g/mol. The summed E-state index contributed by atoms with van der Waals surface area (Å²) in [6.45, 7) is 3.12. The number of fused-ring (bicyclic) bond motifs is 2. The average Bonchev–Trinajstić information content (AvgIpc) is 2.86. The van der Waals surface area contributed by atoms with Crippen LogP contribution in [0.4, 0.5) is 0 Å². The molecule has 2 heterocycles. The zero-order chi connectivity index (χ0) is 14.4. The largest absolute Gasteiger partial charge is 0.466 e. The summed E-state index contributed by atoms with van der Waals surface area (Å²) < 4.78 is 15.1. The number of aliphatic hydroxyl groups excluding tert-OH is 1. The molecular weight excluding hydrogens is 253 g/mol. The molecule has 0 aromatic carbocycles. The minimum absolute atomic E-state index is 0.00171. The van der Waals surface area contributed by atoms with Crippen molar-refractivity contribution in [2.45, 2.75) is 31.2 Å².